The minimum atomic E-state index is -1.05. The molecule has 1 aliphatic rings. The Bertz CT molecular complexity index is 919. The van der Waals surface area contributed by atoms with Crippen molar-refractivity contribution in [1.82, 2.24) is 26.2 Å². The third kappa shape index (κ3) is 10.7. The summed E-state index contributed by atoms with van der Waals surface area (Å²) in [4.78, 5) is 66.1. The number of hydrogen-bond donors (Lipinski definition) is 4. The van der Waals surface area contributed by atoms with Crippen LogP contribution in [-0.4, -0.2) is 87.4 Å². The number of rotatable bonds is 15. The Morgan fingerprint density at radius 3 is 2.28 bits per heavy atom. The fourth-order valence-corrected chi connectivity index (χ4v) is 5.32. The zero-order chi connectivity index (χ0) is 29.8. The molecule has 0 radical (unpaired) electrons. The minimum Gasteiger partial charge on any atom is -0.346 e. The molecular formula is C27H47N5O6S. The van der Waals surface area contributed by atoms with E-state index in [4.69, 9.17) is 0 Å². The number of carbonyl (C=O) groups excluding carboxylic acids is 5. The van der Waals surface area contributed by atoms with Crippen molar-refractivity contribution in [2.45, 2.75) is 97.8 Å². The number of Topliss-reactive ketones (excluding diaryl/α,β-unsaturated/α-hetero) is 1. The van der Waals surface area contributed by atoms with Crippen molar-refractivity contribution >= 4 is 40.3 Å². The molecule has 0 aromatic rings. The minimum absolute atomic E-state index is 0.131. The van der Waals surface area contributed by atoms with Gasteiger partial charge in [-0.25, -0.2) is 4.79 Å². The molecule has 0 aliphatic carbocycles. The lowest BCUT2D eigenvalue weighted by molar-refractivity contribution is -0.143. The molecule has 0 aromatic carbocycles. The summed E-state index contributed by atoms with van der Waals surface area (Å²) in [7, 11) is -1.05. The van der Waals surface area contributed by atoms with Crippen LogP contribution in [0.3, 0.4) is 0 Å². The van der Waals surface area contributed by atoms with Gasteiger partial charge in [0.25, 0.3) is 5.91 Å². The van der Waals surface area contributed by atoms with Gasteiger partial charge in [-0.3, -0.25) is 23.4 Å². The van der Waals surface area contributed by atoms with Gasteiger partial charge in [0.1, 0.15) is 12.1 Å². The average molecular weight is 570 g/mol. The van der Waals surface area contributed by atoms with Crippen molar-refractivity contribution in [2.24, 2.45) is 5.41 Å². The summed E-state index contributed by atoms with van der Waals surface area (Å²) in [5.41, 5.74) is -0.671. The van der Waals surface area contributed by atoms with Gasteiger partial charge in [-0.15, -0.1) is 6.58 Å². The second-order valence-corrected chi connectivity index (χ2v) is 12.6. The summed E-state index contributed by atoms with van der Waals surface area (Å²) < 4.78 is 12.0. The highest BCUT2D eigenvalue weighted by atomic mass is 32.2. The third-order valence-corrected chi connectivity index (χ3v) is 8.02. The number of nitrogens with one attached hydrogen (secondary N) is 4. The first-order valence-corrected chi connectivity index (χ1v) is 15.2. The molecule has 4 N–H and O–H groups in total. The predicted octanol–water partition coefficient (Wildman–Crippen LogP) is 1.39. The Morgan fingerprint density at radius 1 is 1.08 bits per heavy atom. The van der Waals surface area contributed by atoms with E-state index >= 15 is 0 Å². The fraction of sp³-hybridized carbons (Fsp3) is 0.741. The number of ketones is 1. The summed E-state index contributed by atoms with van der Waals surface area (Å²) in [6, 6.07) is -3.61. The van der Waals surface area contributed by atoms with E-state index < -0.39 is 63.9 Å². The van der Waals surface area contributed by atoms with Gasteiger partial charge >= 0.3 is 6.03 Å². The maximum Gasteiger partial charge on any atom is 0.315 e. The van der Waals surface area contributed by atoms with E-state index in [2.05, 4.69) is 27.8 Å². The Morgan fingerprint density at radius 2 is 1.74 bits per heavy atom. The van der Waals surface area contributed by atoms with Gasteiger partial charge < -0.3 is 26.2 Å². The quantitative estimate of drug-likeness (QED) is 0.173. The maximum absolute atomic E-state index is 13.7. The summed E-state index contributed by atoms with van der Waals surface area (Å²) >= 11 is 0. The second kappa shape index (κ2) is 16.4. The number of amides is 5. The van der Waals surface area contributed by atoms with Gasteiger partial charge in [0.05, 0.1) is 6.04 Å². The third-order valence-electron chi connectivity index (χ3n) is 6.61. The molecule has 1 aliphatic heterocycles. The summed E-state index contributed by atoms with van der Waals surface area (Å²) in [6.07, 6.45) is 3.87. The topological polar surface area (TPSA) is 154 Å². The molecule has 0 spiro atoms. The van der Waals surface area contributed by atoms with E-state index in [-0.39, 0.29) is 19.0 Å². The summed E-state index contributed by atoms with van der Waals surface area (Å²) in [5.74, 6) is -1.64. The standard InChI is InChI=1S/C27H47N5O6S/c1-8-13-19(21(33)24(35)28-15-9-2)30-23(34)20-14-12-16-32(20)25(36)22(27(5,6)7)31-26(37)29-18(10-3)17-39(38)11-4/h9,18-20,22H,2,8,10-17H2,1,3-7H3,(H,28,35)(H,30,34)(H2,29,31,37). The monoisotopic (exact) mass is 569 g/mol. The van der Waals surface area contributed by atoms with Crippen molar-refractivity contribution in [1.29, 1.82) is 0 Å². The molecule has 0 aromatic heterocycles. The molecule has 0 bridgehead atoms. The van der Waals surface area contributed by atoms with E-state index in [9.17, 15) is 28.2 Å². The van der Waals surface area contributed by atoms with Gasteiger partial charge in [-0.05, 0) is 31.1 Å². The molecule has 5 amide bonds. The molecule has 5 unspecified atom stereocenters. The molecular weight excluding hydrogens is 522 g/mol. The van der Waals surface area contributed by atoms with Crippen molar-refractivity contribution in [3.8, 4) is 0 Å². The molecule has 12 heteroatoms. The lowest BCUT2D eigenvalue weighted by Gasteiger charge is -2.36. The predicted molar refractivity (Wildman–Crippen MR) is 152 cm³/mol. The van der Waals surface area contributed by atoms with E-state index in [0.29, 0.717) is 43.7 Å². The first-order valence-electron chi connectivity index (χ1n) is 13.8. The molecule has 1 heterocycles. The highest BCUT2D eigenvalue weighted by Crippen LogP contribution is 2.26. The van der Waals surface area contributed by atoms with E-state index in [0.717, 1.165) is 0 Å². The van der Waals surface area contributed by atoms with E-state index in [1.165, 1.54) is 11.0 Å². The Labute approximate surface area is 235 Å². The molecule has 39 heavy (non-hydrogen) atoms. The van der Waals surface area contributed by atoms with Gasteiger partial charge in [0.15, 0.2) is 0 Å². The summed E-state index contributed by atoms with van der Waals surface area (Å²) in [6.45, 7) is 15.0. The Balaban J connectivity index is 3.02. The van der Waals surface area contributed by atoms with Crippen molar-refractivity contribution in [3.05, 3.63) is 12.7 Å². The van der Waals surface area contributed by atoms with Crippen LogP contribution in [0.2, 0.25) is 0 Å². The van der Waals surface area contributed by atoms with Gasteiger partial charge in [0, 0.05) is 41.4 Å². The lowest BCUT2D eigenvalue weighted by atomic mass is 9.85. The van der Waals surface area contributed by atoms with Crippen LogP contribution >= 0.6 is 0 Å². The van der Waals surface area contributed by atoms with Gasteiger partial charge in [-0.2, -0.15) is 0 Å². The number of likely N-dealkylation sites (tertiary alicyclic amines) is 1. The van der Waals surface area contributed by atoms with Crippen molar-refractivity contribution in [2.75, 3.05) is 24.6 Å². The maximum atomic E-state index is 13.7. The van der Waals surface area contributed by atoms with E-state index in [1.54, 1.807) is 0 Å². The van der Waals surface area contributed by atoms with Crippen LogP contribution in [0, 0.1) is 5.41 Å². The van der Waals surface area contributed by atoms with Crippen LogP contribution < -0.4 is 21.3 Å². The van der Waals surface area contributed by atoms with Crippen LogP contribution in [0.4, 0.5) is 4.79 Å². The number of hydrogen-bond acceptors (Lipinski definition) is 6. The fourth-order valence-electron chi connectivity index (χ4n) is 4.32. The Kier molecular flexibility index (Phi) is 14.4. The number of nitrogens with zero attached hydrogens (tertiary/aromatic N) is 1. The van der Waals surface area contributed by atoms with Crippen molar-refractivity contribution < 1.29 is 28.2 Å². The van der Waals surface area contributed by atoms with E-state index in [1.807, 2.05) is 41.5 Å². The second-order valence-electron chi connectivity index (χ2n) is 10.8. The SMILES string of the molecule is C=CCNC(=O)C(=O)C(CCC)NC(=O)C1CCCN1C(=O)C(NC(=O)NC(CC)CS(=O)CC)C(C)(C)C. The van der Waals surface area contributed by atoms with Crippen LogP contribution in [0.25, 0.3) is 0 Å². The smallest absolute Gasteiger partial charge is 0.315 e. The molecule has 1 fully saturated rings. The molecule has 1 saturated heterocycles. The highest BCUT2D eigenvalue weighted by molar-refractivity contribution is 7.85. The number of carbonyl (C=O) groups is 5. The molecule has 0 saturated carbocycles. The largest absolute Gasteiger partial charge is 0.346 e. The average Bonchev–Trinajstić information content (AvgIpc) is 3.38. The molecule has 222 valence electrons. The van der Waals surface area contributed by atoms with Crippen LogP contribution in [0.5, 0.6) is 0 Å². The molecule has 11 nitrogen and oxygen atoms in total. The molecule has 5 atom stereocenters. The first kappa shape index (κ1) is 34.3. The normalized spacial score (nSPS) is 18.3. The summed E-state index contributed by atoms with van der Waals surface area (Å²) in [5, 5.41) is 10.7. The highest BCUT2D eigenvalue weighted by Gasteiger charge is 2.42. The lowest BCUT2D eigenvalue weighted by Crippen LogP contribution is -2.60. The van der Waals surface area contributed by atoms with Crippen LogP contribution in [-0.2, 0) is 30.0 Å². The van der Waals surface area contributed by atoms with Crippen LogP contribution in [0.15, 0.2) is 12.7 Å². The van der Waals surface area contributed by atoms with Gasteiger partial charge in [0.2, 0.25) is 17.6 Å². The molecule has 1 rings (SSSR count). The zero-order valence-corrected chi connectivity index (χ0v) is 25.1. The zero-order valence-electron chi connectivity index (χ0n) is 24.3. The number of urea groups is 1. The van der Waals surface area contributed by atoms with Crippen molar-refractivity contribution in [3.63, 3.8) is 0 Å². The Hall–Kier alpha value is -2.76. The van der Waals surface area contributed by atoms with Gasteiger partial charge in [-0.1, -0.05) is 54.0 Å². The van der Waals surface area contributed by atoms with Crippen LogP contribution in [0.1, 0.15) is 73.6 Å². The first-order chi connectivity index (χ1) is 18.3.